The van der Waals surface area contributed by atoms with Crippen LogP contribution in [0.25, 0.3) is 0 Å². The van der Waals surface area contributed by atoms with Gasteiger partial charge in [0.1, 0.15) is 6.04 Å². The molecule has 0 N–H and O–H groups in total. The van der Waals surface area contributed by atoms with Crippen LogP contribution in [0.1, 0.15) is 40.0 Å². The summed E-state index contributed by atoms with van der Waals surface area (Å²) < 4.78 is 32.5. The van der Waals surface area contributed by atoms with Crippen LogP contribution in [0.5, 0.6) is 0 Å². The molecule has 1 heterocycles. The van der Waals surface area contributed by atoms with Crippen LogP contribution in [-0.2, 0) is 19.7 Å². The quantitative estimate of drug-likeness (QED) is 0.709. The van der Waals surface area contributed by atoms with E-state index in [1.807, 2.05) is 0 Å². The van der Waals surface area contributed by atoms with Crippen LogP contribution in [0, 0.1) is 0 Å². The Hall–Kier alpha value is -0.660. The third-order valence-electron chi connectivity index (χ3n) is 3.40. The SMILES string of the molecule is CCOC(=O)[C@@H]1CCCCN1S(=O)(=O)N(C)C(C)C. The number of carbonyl (C=O) groups excluding carboxylic acids is 1. The molecule has 0 spiro atoms. The molecule has 0 bridgehead atoms. The highest BCUT2D eigenvalue weighted by molar-refractivity contribution is 7.86. The maximum absolute atomic E-state index is 12.5. The summed E-state index contributed by atoms with van der Waals surface area (Å²) in [6.07, 6.45) is 2.16. The molecular weight excluding hydrogens is 268 g/mol. The molecule has 112 valence electrons. The van der Waals surface area contributed by atoms with Gasteiger partial charge in [0.15, 0.2) is 0 Å². The molecule has 19 heavy (non-hydrogen) atoms. The predicted octanol–water partition coefficient (Wildman–Crippen LogP) is 0.989. The smallest absolute Gasteiger partial charge is 0.324 e. The summed E-state index contributed by atoms with van der Waals surface area (Å²) in [7, 11) is -2.07. The van der Waals surface area contributed by atoms with Crippen LogP contribution in [0.2, 0.25) is 0 Å². The van der Waals surface area contributed by atoms with Gasteiger partial charge in [-0.1, -0.05) is 0 Å². The van der Waals surface area contributed by atoms with Gasteiger partial charge in [0.2, 0.25) is 0 Å². The van der Waals surface area contributed by atoms with Gasteiger partial charge in [-0.3, -0.25) is 4.79 Å². The third kappa shape index (κ3) is 3.67. The lowest BCUT2D eigenvalue weighted by Gasteiger charge is -2.36. The van der Waals surface area contributed by atoms with Crippen molar-refractivity contribution in [3.05, 3.63) is 0 Å². The largest absolute Gasteiger partial charge is 0.465 e. The summed E-state index contributed by atoms with van der Waals surface area (Å²) >= 11 is 0. The van der Waals surface area contributed by atoms with Crippen molar-refractivity contribution in [3.8, 4) is 0 Å². The minimum absolute atomic E-state index is 0.144. The van der Waals surface area contributed by atoms with E-state index in [1.165, 1.54) is 15.7 Å². The van der Waals surface area contributed by atoms with Crippen molar-refractivity contribution < 1.29 is 17.9 Å². The first-order valence-corrected chi connectivity index (χ1v) is 8.13. The average molecular weight is 292 g/mol. The second-order valence-corrected chi connectivity index (χ2v) is 6.93. The number of rotatable bonds is 5. The molecule has 1 aliphatic heterocycles. The lowest BCUT2D eigenvalue weighted by atomic mass is 10.1. The Morgan fingerprint density at radius 1 is 1.42 bits per heavy atom. The fourth-order valence-corrected chi connectivity index (χ4v) is 3.82. The maximum atomic E-state index is 12.5. The highest BCUT2D eigenvalue weighted by Crippen LogP contribution is 2.24. The minimum atomic E-state index is -3.61. The summed E-state index contributed by atoms with van der Waals surface area (Å²) in [6, 6.07) is -0.824. The Morgan fingerprint density at radius 2 is 2.05 bits per heavy atom. The molecule has 0 radical (unpaired) electrons. The molecule has 1 rings (SSSR count). The van der Waals surface area contributed by atoms with Gasteiger partial charge >= 0.3 is 5.97 Å². The monoisotopic (exact) mass is 292 g/mol. The molecule has 6 nitrogen and oxygen atoms in total. The molecule has 1 atom stereocenters. The van der Waals surface area contributed by atoms with Crippen molar-refractivity contribution in [3.63, 3.8) is 0 Å². The van der Waals surface area contributed by atoms with Crippen LogP contribution < -0.4 is 0 Å². The number of nitrogens with zero attached hydrogens (tertiary/aromatic N) is 2. The van der Waals surface area contributed by atoms with Crippen LogP contribution in [-0.4, -0.2) is 55.3 Å². The number of hydrogen-bond acceptors (Lipinski definition) is 4. The van der Waals surface area contributed by atoms with E-state index in [0.29, 0.717) is 13.0 Å². The summed E-state index contributed by atoms with van der Waals surface area (Å²) in [5.41, 5.74) is 0. The van der Waals surface area contributed by atoms with Crippen molar-refractivity contribution in [1.29, 1.82) is 0 Å². The van der Waals surface area contributed by atoms with Crippen molar-refractivity contribution in [2.75, 3.05) is 20.2 Å². The second kappa shape index (κ2) is 6.67. The fraction of sp³-hybridized carbons (Fsp3) is 0.917. The Labute approximate surface area is 115 Å². The molecule has 0 amide bonds. The van der Waals surface area contributed by atoms with Gasteiger partial charge in [-0.15, -0.1) is 0 Å². The van der Waals surface area contributed by atoms with E-state index in [-0.39, 0.29) is 12.6 Å². The summed E-state index contributed by atoms with van der Waals surface area (Å²) in [5.74, 6) is -0.442. The van der Waals surface area contributed by atoms with Gasteiger partial charge in [0.25, 0.3) is 10.2 Å². The van der Waals surface area contributed by atoms with Gasteiger partial charge < -0.3 is 4.74 Å². The first-order valence-electron chi connectivity index (χ1n) is 6.73. The van der Waals surface area contributed by atoms with Crippen LogP contribution in [0.3, 0.4) is 0 Å². The maximum Gasteiger partial charge on any atom is 0.324 e. The number of esters is 1. The van der Waals surface area contributed by atoms with Crippen molar-refractivity contribution in [1.82, 2.24) is 8.61 Å². The molecule has 1 saturated heterocycles. The van der Waals surface area contributed by atoms with E-state index in [2.05, 4.69) is 0 Å². The number of hydrogen-bond donors (Lipinski definition) is 0. The van der Waals surface area contributed by atoms with E-state index in [1.54, 1.807) is 20.8 Å². The minimum Gasteiger partial charge on any atom is -0.465 e. The standard InChI is InChI=1S/C12H24N2O4S/c1-5-18-12(15)11-8-6-7-9-14(11)19(16,17)13(4)10(2)3/h10-11H,5-9H2,1-4H3/t11-/m0/s1. The zero-order valence-electron chi connectivity index (χ0n) is 12.1. The molecule has 0 aromatic rings. The molecule has 0 saturated carbocycles. The Morgan fingerprint density at radius 3 is 2.58 bits per heavy atom. The van der Waals surface area contributed by atoms with Gasteiger partial charge in [-0.25, -0.2) is 0 Å². The van der Waals surface area contributed by atoms with Gasteiger partial charge in [-0.05, 0) is 40.0 Å². The second-order valence-electron chi connectivity index (χ2n) is 4.99. The molecule has 1 aliphatic rings. The van der Waals surface area contributed by atoms with E-state index in [9.17, 15) is 13.2 Å². The van der Waals surface area contributed by atoms with Crippen molar-refractivity contribution in [2.45, 2.75) is 52.1 Å². The molecule has 7 heteroatoms. The summed E-state index contributed by atoms with van der Waals surface area (Å²) in [5, 5.41) is 0. The lowest BCUT2D eigenvalue weighted by Crippen LogP contribution is -2.54. The molecule has 0 unspecified atom stereocenters. The van der Waals surface area contributed by atoms with E-state index in [4.69, 9.17) is 4.74 Å². The molecule has 0 aliphatic carbocycles. The highest BCUT2D eigenvalue weighted by atomic mass is 32.2. The average Bonchev–Trinajstić information content (AvgIpc) is 2.38. The molecular formula is C12H24N2O4S. The topological polar surface area (TPSA) is 66.9 Å². The molecule has 1 fully saturated rings. The summed E-state index contributed by atoms with van der Waals surface area (Å²) in [6.45, 7) is 5.98. The number of piperidine rings is 1. The number of carbonyl (C=O) groups is 1. The Bertz CT molecular complexity index is 408. The fourth-order valence-electron chi connectivity index (χ4n) is 2.09. The van der Waals surface area contributed by atoms with Crippen molar-refractivity contribution in [2.24, 2.45) is 0 Å². The zero-order chi connectivity index (χ0) is 14.6. The van der Waals surface area contributed by atoms with E-state index < -0.39 is 22.2 Å². The van der Waals surface area contributed by atoms with Gasteiger partial charge in [0.05, 0.1) is 6.61 Å². The number of ether oxygens (including phenoxy) is 1. The Kier molecular flexibility index (Phi) is 5.76. The molecule has 0 aromatic carbocycles. The first kappa shape index (κ1) is 16.4. The third-order valence-corrected chi connectivity index (χ3v) is 5.58. The van der Waals surface area contributed by atoms with E-state index >= 15 is 0 Å². The van der Waals surface area contributed by atoms with Gasteiger partial charge in [-0.2, -0.15) is 17.0 Å². The van der Waals surface area contributed by atoms with E-state index in [0.717, 1.165) is 12.8 Å². The van der Waals surface area contributed by atoms with Crippen molar-refractivity contribution >= 4 is 16.2 Å². The predicted molar refractivity (Wildman–Crippen MR) is 72.8 cm³/mol. The van der Waals surface area contributed by atoms with Crippen LogP contribution in [0.4, 0.5) is 0 Å². The summed E-state index contributed by atoms with van der Waals surface area (Å²) in [4.78, 5) is 11.9. The van der Waals surface area contributed by atoms with Crippen LogP contribution in [0.15, 0.2) is 0 Å². The zero-order valence-corrected chi connectivity index (χ0v) is 12.9. The molecule has 0 aromatic heterocycles. The van der Waals surface area contributed by atoms with Crippen LogP contribution >= 0.6 is 0 Å². The van der Waals surface area contributed by atoms with Gasteiger partial charge in [0, 0.05) is 19.6 Å². The lowest BCUT2D eigenvalue weighted by molar-refractivity contribution is -0.148. The normalized spacial score (nSPS) is 21.9. The first-order chi connectivity index (χ1) is 8.82. The Balaban J connectivity index is 2.96. The highest BCUT2D eigenvalue weighted by Gasteiger charge is 2.40.